The van der Waals surface area contributed by atoms with E-state index < -0.39 is 0 Å². The van der Waals surface area contributed by atoms with Gasteiger partial charge < -0.3 is 0 Å². The van der Waals surface area contributed by atoms with Crippen LogP contribution in [-0.4, -0.2) is 19.9 Å². The second-order valence-electron chi connectivity index (χ2n) is 3.34. The fourth-order valence-corrected chi connectivity index (χ4v) is 1.51. The van der Waals surface area contributed by atoms with E-state index in [1.165, 1.54) is 0 Å². The molecule has 76 valence electrons. The minimum absolute atomic E-state index is 0.604. The number of aromatic nitrogens is 4. The Bertz CT molecular complexity index is 622. The number of nitrogens with zero attached hydrogens (tertiary/aromatic N) is 4. The first-order valence-electron chi connectivity index (χ1n) is 4.92. The molecule has 4 nitrogen and oxygen atoms in total. The van der Waals surface area contributed by atoms with Crippen LogP contribution >= 0.6 is 0 Å². The van der Waals surface area contributed by atoms with Crippen LogP contribution in [0.2, 0.25) is 0 Å². The Hall–Kier alpha value is -2.36. The van der Waals surface area contributed by atoms with Crippen LogP contribution in [0.5, 0.6) is 0 Å². The highest BCUT2D eigenvalue weighted by Crippen LogP contribution is 2.14. The molecule has 3 aromatic rings. The smallest absolute Gasteiger partial charge is 0.180 e. The second kappa shape index (κ2) is 3.66. The van der Waals surface area contributed by atoms with Gasteiger partial charge in [-0.05, 0) is 6.07 Å². The van der Waals surface area contributed by atoms with Crippen molar-refractivity contribution in [3.8, 4) is 11.5 Å². The van der Waals surface area contributed by atoms with Crippen molar-refractivity contribution in [3.63, 3.8) is 0 Å². The van der Waals surface area contributed by atoms with Gasteiger partial charge in [0.15, 0.2) is 5.82 Å². The first kappa shape index (κ1) is 8.91. The molecule has 0 bridgehead atoms. The lowest BCUT2D eigenvalue weighted by Crippen LogP contribution is -1.92. The number of hydrogen-bond acceptors (Lipinski definition) is 4. The summed E-state index contributed by atoms with van der Waals surface area (Å²) in [6.45, 7) is 0. The molecular formula is C12H8N4. The van der Waals surface area contributed by atoms with Crippen LogP contribution in [0, 0.1) is 0 Å². The van der Waals surface area contributed by atoms with Crippen molar-refractivity contribution in [2.45, 2.75) is 0 Å². The molecule has 0 saturated heterocycles. The van der Waals surface area contributed by atoms with Crippen molar-refractivity contribution in [2.75, 3.05) is 0 Å². The molecule has 16 heavy (non-hydrogen) atoms. The molecule has 2 aromatic heterocycles. The summed E-state index contributed by atoms with van der Waals surface area (Å²) in [7, 11) is 0. The van der Waals surface area contributed by atoms with Gasteiger partial charge in [-0.15, -0.1) is 0 Å². The Morgan fingerprint density at radius 3 is 2.69 bits per heavy atom. The Balaban J connectivity index is 2.19. The van der Waals surface area contributed by atoms with Gasteiger partial charge in [0.05, 0.1) is 11.7 Å². The van der Waals surface area contributed by atoms with Gasteiger partial charge in [0, 0.05) is 24.0 Å². The third-order valence-corrected chi connectivity index (χ3v) is 2.28. The van der Waals surface area contributed by atoms with Crippen molar-refractivity contribution >= 4 is 10.9 Å². The van der Waals surface area contributed by atoms with E-state index in [4.69, 9.17) is 0 Å². The molecule has 3 rings (SSSR count). The molecule has 0 atom stereocenters. The molecule has 0 saturated carbocycles. The zero-order valence-electron chi connectivity index (χ0n) is 8.41. The lowest BCUT2D eigenvalue weighted by atomic mass is 10.2. The molecule has 0 spiro atoms. The fraction of sp³-hybridized carbons (Fsp3) is 0. The van der Waals surface area contributed by atoms with E-state index in [-0.39, 0.29) is 0 Å². The summed E-state index contributed by atoms with van der Waals surface area (Å²) in [5.41, 5.74) is 1.60. The molecule has 4 heteroatoms. The van der Waals surface area contributed by atoms with E-state index in [0.717, 1.165) is 10.9 Å². The molecule has 0 aliphatic carbocycles. The third-order valence-electron chi connectivity index (χ3n) is 2.28. The summed E-state index contributed by atoms with van der Waals surface area (Å²) in [5.74, 6) is 0.604. The maximum absolute atomic E-state index is 4.43. The van der Waals surface area contributed by atoms with E-state index in [2.05, 4.69) is 19.9 Å². The van der Waals surface area contributed by atoms with Gasteiger partial charge in [0.25, 0.3) is 0 Å². The van der Waals surface area contributed by atoms with Crippen LogP contribution in [0.1, 0.15) is 0 Å². The molecule has 1 aromatic carbocycles. The van der Waals surface area contributed by atoms with E-state index in [0.29, 0.717) is 11.5 Å². The molecular weight excluding hydrogens is 200 g/mol. The first-order valence-corrected chi connectivity index (χ1v) is 4.92. The van der Waals surface area contributed by atoms with Gasteiger partial charge in [-0.2, -0.15) is 0 Å². The summed E-state index contributed by atoms with van der Waals surface area (Å²) in [6, 6.07) is 7.86. The van der Waals surface area contributed by atoms with Crippen molar-refractivity contribution in [1.29, 1.82) is 0 Å². The largest absolute Gasteiger partial charge is 0.261 e. The van der Waals surface area contributed by atoms with Crippen LogP contribution in [0.15, 0.2) is 49.1 Å². The minimum atomic E-state index is 0.604. The zero-order valence-corrected chi connectivity index (χ0v) is 8.41. The Morgan fingerprint density at radius 1 is 0.875 bits per heavy atom. The number of para-hydroxylation sites is 1. The van der Waals surface area contributed by atoms with E-state index in [1.54, 1.807) is 24.8 Å². The molecule has 0 aliphatic heterocycles. The van der Waals surface area contributed by atoms with Gasteiger partial charge in [-0.1, -0.05) is 18.2 Å². The average molecular weight is 208 g/mol. The Labute approximate surface area is 92.0 Å². The normalized spacial score (nSPS) is 10.5. The summed E-state index contributed by atoms with van der Waals surface area (Å²) in [4.78, 5) is 16.9. The third kappa shape index (κ3) is 1.50. The van der Waals surface area contributed by atoms with Crippen molar-refractivity contribution in [1.82, 2.24) is 19.9 Å². The summed E-state index contributed by atoms with van der Waals surface area (Å²) in [6.07, 6.45) is 6.72. The average Bonchev–Trinajstić information content (AvgIpc) is 2.39. The maximum Gasteiger partial charge on any atom is 0.180 e. The molecule has 0 N–H and O–H groups in total. The highest BCUT2D eigenvalue weighted by Gasteiger charge is 2.03. The lowest BCUT2D eigenvalue weighted by molar-refractivity contribution is 1.13. The van der Waals surface area contributed by atoms with E-state index in [1.807, 2.05) is 24.3 Å². The minimum Gasteiger partial charge on any atom is -0.261 e. The number of benzene rings is 1. The maximum atomic E-state index is 4.43. The molecule has 0 amide bonds. The summed E-state index contributed by atoms with van der Waals surface area (Å²) in [5, 5.41) is 1.02. The SMILES string of the molecule is c1ccc2nc(-c3cnccn3)ncc2c1. The molecule has 2 heterocycles. The van der Waals surface area contributed by atoms with Crippen LogP contribution in [0.3, 0.4) is 0 Å². The zero-order chi connectivity index (χ0) is 10.8. The number of rotatable bonds is 1. The van der Waals surface area contributed by atoms with Gasteiger partial charge >= 0.3 is 0 Å². The standard InChI is InChI=1S/C12H8N4/c1-2-4-10-9(3-1)7-15-12(16-10)11-8-13-5-6-14-11/h1-8H. The fourth-order valence-electron chi connectivity index (χ4n) is 1.51. The first-order chi connectivity index (χ1) is 7.93. The van der Waals surface area contributed by atoms with E-state index >= 15 is 0 Å². The summed E-state index contributed by atoms with van der Waals surface area (Å²) < 4.78 is 0. The molecule has 0 radical (unpaired) electrons. The van der Waals surface area contributed by atoms with Crippen LogP contribution in [0.4, 0.5) is 0 Å². The monoisotopic (exact) mass is 208 g/mol. The Morgan fingerprint density at radius 2 is 1.81 bits per heavy atom. The Kier molecular flexibility index (Phi) is 2.04. The van der Waals surface area contributed by atoms with Gasteiger partial charge in [-0.25, -0.2) is 15.0 Å². The lowest BCUT2D eigenvalue weighted by Gasteiger charge is -2.00. The quantitative estimate of drug-likeness (QED) is 0.614. The van der Waals surface area contributed by atoms with Crippen LogP contribution in [0.25, 0.3) is 22.4 Å². The van der Waals surface area contributed by atoms with Crippen molar-refractivity contribution in [3.05, 3.63) is 49.1 Å². The van der Waals surface area contributed by atoms with Crippen LogP contribution in [-0.2, 0) is 0 Å². The predicted octanol–water partition coefficient (Wildman–Crippen LogP) is 2.09. The highest BCUT2D eigenvalue weighted by molar-refractivity contribution is 5.78. The van der Waals surface area contributed by atoms with Gasteiger partial charge in [0.1, 0.15) is 5.69 Å². The topological polar surface area (TPSA) is 51.6 Å². The predicted molar refractivity (Wildman–Crippen MR) is 60.6 cm³/mol. The molecule has 0 fully saturated rings. The summed E-state index contributed by atoms with van der Waals surface area (Å²) >= 11 is 0. The van der Waals surface area contributed by atoms with Gasteiger partial charge in [0.2, 0.25) is 0 Å². The van der Waals surface area contributed by atoms with Crippen LogP contribution < -0.4 is 0 Å². The van der Waals surface area contributed by atoms with Crippen molar-refractivity contribution in [2.24, 2.45) is 0 Å². The van der Waals surface area contributed by atoms with Gasteiger partial charge in [-0.3, -0.25) is 4.98 Å². The van der Waals surface area contributed by atoms with Crippen molar-refractivity contribution < 1.29 is 0 Å². The second-order valence-corrected chi connectivity index (χ2v) is 3.34. The number of hydrogen-bond donors (Lipinski definition) is 0. The number of fused-ring (bicyclic) bond motifs is 1. The van der Waals surface area contributed by atoms with E-state index in [9.17, 15) is 0 Å². The molecule has 0 unspecified atom stereocenters. The molecule has 0 aliphatic rings. The highest BCUT2D eigenvalue weighted by atomic mass is 14.9.